The average molecular weight is 258 g/mol. The minimum atomic E-state index is -3.62. The molecule has 2 rings (SSSR count). The highest BCUT2D eigenvalue weighted by Gasteiger charge is 2.39. The molecule has 2 heterocycles. The fourth-order valence-corrected chi connectivity index (χ4v) is 3.54. The van der Waals surface area contributed by atoms with Crippen molar-refractivity contribution in [2.45, 2.75) is 23.8 Å². The zero-order valence-electron chi connectivity index (χ0n) is 9.38. The molecular formula is C9H14N4O3S. The van der Waals surface area contributed by atoms with Crippen molar-refractivity contribution in [3.05, 3.63) is 12.4 Å². The number of nitrogens with one attached hydrogen (secondary N) is 2. The lowest BCUT2D eigenvalue weighted by molar-refractivity contribution is -0.123. The Balaban J connectivity index is 2.31. The number of hydrogen-bond acceptors (Lipinski definition) is 4. The standard InChI is InChI=1S/C9H14N4O3S/c1-10-9(14)8-3-2-4-13(8)17(15,16)7-5-11-12-6-7/h5-6,8H,2-4H2,1H3,(H,10,14)(H,11,12). The fraction of sp³-hybridized carbons (Fsp3) is 0.556. The Labute approximate surface area is 99.2 Å². The summed E-state index contributed by atoms with van der Waals surface area (Å²) in [5, 5.41) is 8.57. The minimum absolute atomic E-state index is 0.0910. The number of likely N-dealkylation sites (N-methyl/N-ethyl adjacent to an activating group) is 1. The largest absolute Gasteiger partial charge is 0.358 e. The van der Waals surface area contributed by atoms with Crippen LogP contribution in [-0.2, 0) is 14.8 Å². The zero-order chi connectivity index (χ0) is 12.5. The van der Waals surface area contributed by atoms with E-state index in [-0.39, 0.29) is 10.8 Å². The van der Waals surface area contributed by atoms with Gasteiger partial charge in [-0.1, -0.05) is 0 Å². The first-order valence-corrected chi connectivity index (χ1v) is 6.73. The monoisotopic (exact) mass is 258 g/mol. The van der Waals surface area contributed by atoms with Crippen molar-refractivity contribution >= 4 is 15.9 Å². The van der Waals surface area contributed by atoms with Gasteiger partial charge in [0.25, 0.3) is 0 Å². The van der Waals surface area contributed by atoms with Crippen molar-refractivity contribution in [1.82, 2.24) is 19.8 Å². The van der Waals surface area contributed by atoms with Crippen LogP contribution in [-0.4, -0.2) is 48.5 Å². The van der Waals surface area contributed by atoms with Gasteiger partial charge in [0.05, 0.1) is 6.20 Å². The van der Waals surface area contributed by atoms with Gasteiger partial charge in [-0.15, -0.1) is 0 Å². The molecule has 2 N–H and O–H groups in total. The van der Waals surface area contributed by atoms with Gasteiger partial charge in [0.2, 0.25) is 15.9 Å². The van der Waals surface area contributed by atoms with Crippen LogP contribution in [0.4, 0.5) is 0 Å². The van der Waals surface area contributed by atoms with Gasteiger partial charge in [0.1, 0.15) is 10.9 Å². The molecule has 0 radical (unpaired) electrons. The molecule has 7 nitrogen and oxygen atoms in total. The molecule has 1 amide bonds. The van der Waals surface area contributed by atoms with E-state index < -0.39 is 16.1 Å². The third-order valence-electron chi connectivity index (χ3n) is 2.83. The van der Waals surface area contributed by atoms with E-state index in [1.807, 2.05) is 0 Å². The van der Waals surface area contributed by atoms with Gasteiger partial charge >= 0.3 is 0 Å². The molecule has 0 bridgehead atoms. The Morgan fingerprint density at radius 1 is 1.65 bits per heavy atom. The van der Waals surface area contributed by atoms with E-state index in [1.165, 1.54) is 23.7 Å². The van der Waals surface area contributed by atoms with E-state index in [1.54, 1.807) is 0 Å². The molecule has 1 aliphatic heterocycles. The molecular weight excluding hydrogens is 244 g/mol. The molecule has 1 aromatic rings. The van der Waals surface area contributed by atoms with E-state index in [4.69, 9.17) is 0 Å². The van der Waals surface area contributed by atoms with E-state index in [0.29, 0.717) is 19.4 Å². The van der Waals surface area contributed by atoms with Gasteiger partial charge in [-0.3, -0.25) is 9.89 Å². The number of carbonyl (C=O) groups is 1. The number of rotatable bonds is 3. The fourth-order valence-electron chi connectivity index (χ4n) is 1.97. The third kappa shape index (κ3) is 2.05. The van der Waals surface area contributed by atoms with Crippen LogP contribution < -0.4 is 5.32 Å². The first-order valence-electron chi connectivity index (χ1n) is 5.29. The predicted octanol–water partition coefficient (Wildman–Crippen LogP) is -0.691. The first-order chi connectivity index (χ1) is 8.07. The molecule has 1 atom stereocenters. The summed E-state index contributed by atoms with van der Waals surface area (Å²) in [6.07, 6.45) is 3.80. The number of amides is 1. The van der Waals surface area contributed by atoms with Crippen LogP contribution >= 0.6 is 0 Å². The summed E-state index contributed by atoms with van der Waals surface area (Å²) in [7, 11) is -2.12. The second-order valence-corrected chi connectivity index (χ2v) is 5.71. The number of aromatic nitrogens is 2. The van der Waals surface area contributed by atoms with E-state index in [9.17, 15) is 13.2 Å². The van der Waals surface area contributed by atoms with Gasteiger partial charge in [0.15, 0.2) is 0 Å². The molecule has 94 valence electrons. The molecule has 0 saturated carbocycles. The van der Waals surface area contributed by atoms with E-state index >= 15 is 0 Å². The number of sulfonamides is 1. The highest BCUT2D eigenvalue weighted by Crippen LogP contribution is 2.25. The van der Waals surface area contributed by atoms with Crippen LogP contribution in [0.15, 0.2) is 17.3 Å². The average Bonchev–Trinajstić information content (AvgIpc) is 2.98. The lowest BCUT2D eigenvalue weighted by atomic mass is 10.2. The number of nitrogens with zero attached hydrogens (tertiary/aromatic N) is 2. The van der Waals surface area contributed by atoms with Crippen LogP contribution in [0.25, 0.3) is 0 Å². The molecule has 1 aromatic heterocycles. The third-order valence-corrected chi connectivity index (χ3v) is 4.71. The van der Waals surface area contributed by atoms with Crippen LogP contribution in [0.1, 0.15) is 12.8 Å². The van der Waals surface area contributed by atoms with Gasteiger partial charge in [-0.05, 0) is 12.8 Å². The van der Waals surface area contributed by atoms with Crippen molar-refractivity contribution in [3.63, 3.8) is 0 Å². The van der Waals surface area contributed by atoms with Gasteiger partial charge in [-0.25, -0.2) is 8.42 Å². The molecule has 1 aliphatic rings. The number of H-pyrrole nitrogens is 1. The summed E-state index contributed by atoms with van der Waals surface area (Å²) in [6.45, 7) is 0.367. The Bertz CT molecular complexity index is 496. The van der Waals surface area contributed by atoms with Crippen LogP contribution in [0.3, 0.4) is 0 Å². The maximum absolute atomic E-state index is 12.2. The Morgan fingerprint density at radius 3 is 3.00 bits per heavy atom. The summed E-state index contributed by atoms with van der Waals surface area (Å²) in [5.41, 5.74) is 0. The van der Waals surface area contributed by atoms with Gasteiger partial charge in [-0.2, -0.15) is 9.40 Å². The number of aromatic amines is 1. The summed E-state index contributed by atoms with van der Waals surface area (Å²) in [4.78, 5) is 11.7. The molecule has 1 saturated heterocycles. The van der Waals surface area contributed by atoms with Crippen molar-refractivity contribution in [1.29, 1.82) is 0 Å². The Morgan fingerprint density at radius 2 is 2.41 bits per heavy atom. The van der Waals surface area contributed by atoms with Crippen molar-refractivity contribution in [2.24, 2.45) is 0 Å². The van der Waals surface area contributed by atoms with Crippen molar-refractivity contribution in [3.8, 4) is 0 Å². The molecule has 17 heavy (non-hydrogen) atoms. The maximum Gasteiger partial charge on any atom is 0.246 e. The predicted molar refractivity (Wildman–Crippen MR) is 59.6 cm³/mol. The van der Waals surface area contributed by atoms with Crippen LogP contribution in [0.5, 0.6) is 0 Å². The number of carbonyl (C=O) groups excluding carboxylic acids is 1. The second kappa shape index (κ2) is 4.46. The van der Waals surface area contributed by atoms with Gasteiger partial charge in [0, 0.05) is 19.8 Å². The summed E-state index contributed by atoms with van der Waals surface area (Å²) < 4.78 is 25.7. The second-order valence-electron chi connectivity index (χ2n) is 3.82. The first kappa shape index (κ1) is 12.1. The molecule has 8 heteroatoms. The normalized spacial score (nSPS) is 21.6. The van der Waals surface area contributed by atoms with Crippen molar-refractivity contribution < 1.29 is 13.2 Å². The van der Waals surface area contributed by atoms with Crippen molar-refractivity contribution in [2.75, 3.05) is 13.6 Å². The molecule has 1 unspecified atom stereocenters. The Hall–Kier alpha value is -1.41. The van der Waals surface area contributed by atoms with Crippen LogP contribution in [0, 0.1) is 0 Å². The smallest absolute Gasteiger partial charge is 0.246 e. The summed E-state index contributed by atoms with van der Waals surface area (Å²) in [5.74, 6) is -0.269. The van der Waals surface area contributed by atoms with Gasteiger partial charge < -0.3 is 5.32 Å². The zero-order valence-corrected chi connectivity index (χ0v) is 10.2. The Kier molecular flexibility index (Phi) is 3.16. The lowest BCUT2D eigenvalue weighted by Gasteiger charge is -2.21. The summed E-state index contributed by atoms with van der Waals surface area (Å²) >= 11 is 0. The quantitative estimate of drug-likeness (QED) is 0.750. The van der Waals surface area contributed by atoms with Crippen LogP contribution in [0.2, 0.25) is 0 Å². The molecule has 0 aromatic carbocycles. The minimum Gasteiger partial charge on any atom is -0.358 e. The van der Waals surface area contributed by atoms with E-state index in [0.717, 1.165) is 0 Å². The lowest BCUT2D eigenvalue weighted by Crippen LogP contribution is -2.44. The molecule has 1 fully saturated rings. The topological polar surface area (TPSA) is 95.2 Å². The SMILES string of the molecule is CNC(=O)C1CCCN1S(=O)(=O)c1cn[nH]c1. The highest BCUT2D eigenvalue weighted by atomic mass is 32.2. The number of hydrogen-bond donors (Lipinski definition) is 2. The molecule has 0 spiro atoms. The molecule has 0 aliphatic carbocycles. The summed E-state index contributed by atoms with van der Waals surface area (Å²) in [6, 6.07) is -0.611. The van der Waals surface area contributed by atoms with E-state index in [2.05, 4.69) is 15.5 Å². The highest BCUT2D eigenvalue weighted by molar-refractivity contribution is 7.89. The maximum atomic E-state index is 12.2.